The van der Waals surface area contributed by atoms with Crippen molar-refractivity contribution in [3.05, 3.63) is 53.3 Å². The number of hydrogen-bond acceptors (Lipinski definition) is 3. The molecule has 1 aromatic carbocycles. The van der Waals surface area contributed by atoms with Crippen LogP contribution in [0.5, 0.6) is 0 Å². The first-order valence-corrected chi connectivity index (χ1v) is 7.15. The minimum Gasteiger partial charge on any atom is -0.326 e. The van der Waals surface area contributed by atoms with Crippen molar-refractivity contribution in [2.45, 2.75) is 25.4 Å². The van der Waals surface area contributed by atoms with Gasteiger partial charge in [0.25, 0.3) is 0 Å². The van der Waals surface area contributed by atoms with E-state index in [1.807, 2.05) is 17.9 Å². The van der Waals surface area contributed by atoms with Gasteiger partial charge in [-0.3, -0.25) is 9.58 Å². The summed E-state index contributed by atoms with van der Waals surface area (Å²) < 4.78 is 1.93. The van der Waals surface area contributed by atoms with Crippen LogP contribution in [0.4, 0.5) is 0 Å². The highest BCUT2D eigenvalue weighted by molar-refractivity contribution is 5.24. The van der Waals surface area contributed by atoms with E-state index in [0.29, 0.717) is 5.92 Å². The van der Waals surface area contributed by atoms with Crippen molar-refractivity contribution in [3.8, 4) is 0 Å². The fraction of sp³-hybridized carbons (Fsp3) is 0.438. The fourth-order valence-electron chi connectivity index (χ4n) is 3.04. The number of rotatable bonds is 3. The summed E-state index contributed by atoms with van der Waals surface area (Å²) in [5.41, 5.74) is 10.2. The number of benzene rings is 1. The molecule has 1 aliphatic rings. The Kier molecular flexibility index (Phi) is 3.59. The van der Waals surface area contributed by atoms with Crippen LogP contribution in [0.15, 0.2) is 36.5 Å². The van der Waals surface area contributed by atoms with E-state index < -0.39 is 0 Å². The third-order valence-electron chi connectivity index (χ3n) is 4.40. The average Bonchev–Trinajstić information content (AvgIpc) is 2.97. The number of nitrogens with two attached hydrogens (primary N) is 1. The van der Waals surface area contributed by atoms with E-state index in [0.717, 1.165) is 19.6 Å². The lowest BCUT2D eigenvalue weighted by Gasteiger charge is -2.15. The van der Waals surface area contributed by atoms with E-state index in [4.69, 9.17) is 5.73 Å². The fourth-order valence-corrected chi connectivity index (χ4v) is 3.04. The second-order valence-electron chi connectivity index (χ2n) is 5.75. The minimum absolute atomic E-state index is 0.217. The highest BCUT2D eigenvalue weighted by Crippen LogP contribution is 2.27. The van der Waals surface area contributed by atoms with Crippen molar-refractivity contribution >= 4 is 0 Å². The van der Waals surface area contributed by atoms with Crippen molar-refractivity contribution in [1.29, 1.82) is 0 Å². The molecule has 0 aliphatic carbocycles. The van der Waals surface area contributed by atoms with Crippen molar-refractivity contribution in [3.63, 3.8) is 0 Å². The summed E-state index contributed by atoms with van der Waals surface area (Å²) in [4.78, 5) is 2.44. The molecule has 1 fully saturated rings. The molecule has 2 heterocycles. The van der Waals surface area contributed by atoms with E-state index >= 15 is 0 Å². The summed E-state index contributed by atoms with van der Waals surface area (Å²) in [6.07, 6.45) is 1.97. The van der Waals surface area contributed by atoms with Gasteiger partial charge in [0.05, 0.1) is 6.20 Å². The van der Waals surface area contributed by atoms with Crippen molar-refractivity contribution in [2.24, 2.45) is 12.8 Å². The Bertz CT molecular complexity index is 575. The molecule has 1 aromatic heterocycles. The Morgan fingerprint density at radius 2 is 2.00 bits per heavy atom. The zero-order valence-electron chi connectivity index (χ0n) is 12.2. The Morgan fingerprint density at radius 3 is 2.65 bits per heavy atom. The molecule has 2 N–H and O–H groups in total. The smallest absolute Gasteiger partial charge is 0.0537 e. The molecule has 0 bridgehead atoms. The molecular formula is C16H22N4. The molecule has 4 nitrogen and oxygen atoms in total. The molecule has 0 spiro atoms. The number of nitrogens with zero attached hydrogens (tertiary/aromatic N) is 3. The molecule has 2 atom stereocenters. The highest BCUT2D eigenvalue weighted by atomic mass is 15.3. The number of aromatic nitrogens is 2. The second kappa shape index (κ2) is 5.38. The highest BCUT2D eigenvalue weighted by Gasteiger charge is 2.31. The second-order valence-corrected chi connectivity index (χ2v) is 5.75. The third-order valence-corrected chi connectivity index (χ3v) is 4.40. The first-order chi connectivity index (χ1) is 9.65. The SMILES string of the molecule is Cc1c(CN2C[C@@H](N)[C@H](c3ccccc3)C2)cnn1C. The van der Waals surface area contributed by atoms with Crippen molar-refractivity contribution in [2.75, 3.05) is 13.1 Å². The van der Waals surface area contributed by atoms with Gasteiger partial charge in [0.1, 0.15) is 0 Å². The zero-order chi connectivity index (χ0) is 14.1. The number of hydrogen-bond donors (Lipinski definition) is 1. The standard InChI is InChI=1S/C16H22N4/c1-12-14(8-18-19(12)2)9-20-10-15(16(17)11-20)13-6-4-3-5-7-13/h3-8,15-16H,9-11,17H2,1-2H3/t15-,16+/m0/s1. The van der Waals surface area contributed by atoms with Crippen LogP contribution >= 0.6 is 0 Å². The molecule has 2 aromatic rings. The maximum Gasteiger partial charge on any atom is 0.0537 e. The van der Waals surface area contributed by atoms with E-state index in [9.17, 15) is 0 Å². The third kappa shape index (κ3) is 2.49. The number of likely N-dealkylation sites (tertiary alicyclic amines) is 1. The van der Waals surface area contributed by atoms with Gasteiger partial charge in [0.2, 0.25) is 0 Å². The van der Waals surface area contributed by atoms with Gasteiger partial charge >= 0.3 is 0 Å². The molecule has 4 heteroatoms. The van der Waals surface area contributed by atoms with Crippen LogP contribution in [0.3, 0.4) is 0 Å². The van der Waals surface area contributed by atoms with Gasteiger partial charge < -0.3 is 5.73 Å². The van der Waals surface area contributed by atoms with Crippen molar-refractivity contribution < 1.29 is 0 Å². The van der Waals surface area contributed by atoms with Crippen LogP contribution in [-0.2, 0) is 13.6 Å². The van der Waals surface area contributed by atoms with E-state index in [1.54, 1.807) is 0 Å². The molecule has 3 rings (SSSR count). The van der Waals surface area contributed by atoms with E-state index in [-0.39, 0.29) is 6.04 Å². The summed E-state index contributed by atoms with van der Waals surface area (Å²) in [6.45, 7) is 5.04. The van der Waals surface area contributed by atoms with Gasteiger partial charge in [-0.15, -0.1) is 0 Å². The van der Waals surface area contributed by atoms with E-state index in [2.05, 4.69) is 47.3 Å². The lowest BCUT2D eigenvalue weighted by atomic mass is 9.95. The zero-order valence-corrected chi connectivity index (χ0v) is 12.2. The molecule has 0 unspecified atom stereocenters. The van der Waals surface area contributed by atoms with Gasteiger partial charge in [0.15, 0.2) is 0 Å². The Morgan fingerprint density at radius 1 is 1.25 bits per heavy atom. The van der Waals surface area contributed by atoms with Crippen LogP contribution in [0.1, 0.15) is 22.7 Å². The summed E-state index contributed by atoms with van der Waals surface area (Å²) in [5, 5.41) is 4.31. The largest absolute Gasteiger partial charge is 0.326 e. The van der Waals surface area contributed by atoms with Crippen LogP contribution in [-0.4, -0.2) is 33.8 Å². The predicted octanol–water partition coefficient (Wildman–Crippen LogP) is 1.66. The quantitative estimate of drug-likeness (QED) is 0.922. The number of aryl methyl sites for hydroxylation is 1. The van der Waals surface area contributed by atoms with Gasteiger partial charge in [-0.05, 0) is 12.5 Å². The van der Waals surface area contributed by atoms with Crippen LogP contribution in [0.25, 0.3) is 0 Å². The van der Waals surface area contributed by atoms with Gasteiger partial charge in [-0.25, -0.2) is 0 Å². The maximum absolute atomic E-state index is 6.34. The Labute approximate surface area is 120 Å². The molecule has 1 saturated heterocycles. The normalized spacial score (nSPS) is 23.4. The van der Waals surface area contributed by atoms with Crippen LogP contribution in [0.2, 0.25) is 0 Å². The monoisotopic (exact) mass is 270 g/mol. The average molecular weight is 270 g/mol. The lowest BCUT2D eigenvalue weighted by molar-refractivity contribution is 0.323. The van der Waals surface area contributed by atoms with Crippen LogP contribution in [0, 0.1) is 6.92 Å². The van der Waals surface area contributed by atoms with Crippen LogP contribution < -0.4 is 5.73 Å². The van der Waals surface area contributed by atoms with Gasteiger partial charge in [-0.2, -0.15) is 5.10 Å². The first-order valence-electron chi connectivity index (χ1n) is 7.15. The Balaban J connectivity index is 1.71. The molecule has 106 valence electrons. The van der Waals surface area contributed by atoms with Gasteiger partial charge in [-0.1, -0.05) is 30.3 Å². The summed E-state index contributed by atoms with van der Waals surface area (Å²) in [6, 6.07) is 10.8. The topological polar surface area (TPSA) is 47.1 Å². The first kappa shape index (κ1) is 13.3. The molecule has 20 heavy (non-hydrogen) atoms. The minimum atomic E-state index is 0.217. The summed E-state index contributed by atoms with van der Waals surface area (Å²) >= 11 is 0. The van der Waals surface area contributed by atoms with Gasteiger partial charge in [0, 0.05) is 49.9 Å². The molecular weight excluding hydrogens is 248 g/mol. The summed E-state index contributed by atoms with van der Waals surface area (Å²) in [5.74, 6) is 0.438. The molecule has 0 amide bonds. The molecule has 1 aliphatic heterocycles. The molecule has 0 radical (unpaired) electrons. The maximum atomic E-state index is 6.34. The Hall–Kier alpha value is -1.65. The lowest BCUT2D eigenvalue weighted by Crippen LogP contribution is -2.28. The van der Waals surface area contributed by atoms with E-state index in [1.165, 1.54) is 16.8 Å². The molecule has 0 saturated carbocycles. The predicted molar refractivity (Wildman–Crippen MR) is 80.4 cm³/mol. The van der Waals surface area contributed by atoms with Crippen molar-refractivity contribution in [1.82, 2.24) is 14.7 Å². The summed E-state index contributed by atoms with van der Waals surface area (Å²) in [7, 11) is 1.99.